The minimum atomic E-state index is -0.116. The molecule has 158 valence electrons. The molecule has 2 N–H and O–H groups in total. The highest BCUT2D eigenvalue weighted by atomic mass is 16.2. The van der Waals surface area contributed by atoms with Crippen molar-refractivity contribution >= 4 is 17.7 Å². The summed E-state index contributed by atoms with van der Waals surface area (Å²) in [5, 5.41) is 5.58. The van der Waals surface area contributed by atoms with Gasteiger partial charge < -0.3 is 15.5 Å². The fraction of sp³-hybridized carbons (Fsp3) is 0.375. The highest BCUT2D eigenvalue weighted by molar-refractivity contribution is 5.80. The lowest BCUT2D eigenvalue weighted by atomic mass is 9.99. The van der Waals surface area contributed by atoms with Crippen molar-refractivity contribution in [3.05, 3.63) is 71.3 Å². The van der Waals surface area contributed by atoms with Crippen LogP contribution >= 0.6 is 0 Å². The Morgan fingerprint density at radius 1 is 0.800 bits per heavy atom. The Bertz CT molecular complexity index is 867. The Balaban J connectivity index is 1.25. The molecule has 0 unspecified atom stereocenters. The number of carbonyl (C=O) groups excluding carboxylic acids is 3. The lowest BCUT2D eigenvalue weighted by Crippen LogP contribution is -2.36. The van der Waals surface area contributed by atoms with Gasteiger partial charge in [0.05, 0.1) is 6.42 Å². The second-order valence-corrected chi connectivity index (χ2v) is 7.55. The van der Waals surface area contributed by atoms with Crippen molar-refractivity contribution in [2.45, 2.75) is 38.6 Å². The molecule has 0 saturated heterocycles. The molecule has 0 bridgehead atoms. The number of hydrogen-bond donors (Lipinski definition) is 2. The van der Waals surface area contributed by atoms with Gasteiger partial charge in [-0.15, -0.1) is 0 Å². The summed E-state index contributed by atoms with van der Waals surface area (Å²) in [6.07, 6.45) is 2.48. The summed E-state index contributed by atoms with van der Waals surface area (Å²) in [5.74, 6) is -0.0796. The third kappa shape index (κ3) is 6.72. The number of nitrogens with one attached hydrogen (secondary N) is 2. The number of carbonyl (C=O) groups is 3. The molecule has 0 radical (unpaired) electrons. The van der Waals surface area contributed by atoms with Crippen LogP contribution in [0, 0.1) is 0 Å². The Labute approximate surface area is 177 Å². The lowest BCUT2D eigenvalue weighted by molar-refractivity contribution is -0.132. The highest BCUT2D eigenvalue weighted by Crippen LogP contribution is 2.19. The fourth-order valence-electron chi connectivity index (χ4n) is 3.58. The number of rotatable bonds is 9. The summed E-state index contributed by atoms with van der Waals surface area (Å²) in [5.41, 5.74) is 3.49. The van der Waals surface area contributed by atoms with Crippen LogP contribution in [0.2, 0.25) is 0 Å². The first-order valence-electron chi connectivity index (χ1n) is 10.5. The number of hydrogen-bond acceptors (Lipinski definition) is 3. The molecule has 0 fully saturated rings. The SMILES string of the molecule is O=C(CCNC(=O)Cc1ccccc1)NCCCC(=O)N1CCc2ccccc2C1. The van der Waals surface area contributed by atoms with Gasteiger partial charge in [0.2, 0.25) is 17.7 Å². The summed E-state index contributed by atoms with van der Waals surface area (Å²) in [6, 6.07) is 17.7. The Morgan fingerprint density at radius 2 is 1.50 bits per heavy atom. The predicted octanol–water partition coefficient (Wildman–Crippen LogP) is 2.22. The summed E-state index contributed by atoms with van der Waals surface area (Å²) >= 11 is 0. The van der Waals surface area contributed by atoms with Gasteiger partial charge in [-0.1, -0.05) is 54.6 Å². The summed E-state index contributed by atoms with van der Waals surface area (Å²) in [7, 11) is 0. The van der Waals surface area contributed by atoms with Crippen molar-refractivity contribution in [1.82, 2.24) is 15.5 Å². The number of amides is 3. The van der Waals surface area contributed by atoms with Crippen molar-refractivity contribution in [3.8, 4) is 0 Å². The minimum Gasteiger partial charge on any atom is -0.356 e. The van der Waals surface area contributed by atoms with Gasteiger partial charge in [-0.25, -0.2) is 0 Å². The van der Waals surface area contributed by atoms with Gasteiger partial charge in [0.15, 0.2) is 0 Å². The van der Waals surface area contributed by atoms with Crippen LogP contribution in [0.4, 0.5) is 0 Å². The van der Waals surface area contributed by atoms with Crippen LogP contribution in [0.3, 0.4) is 0 Å². The molecule has 0 aliphatic carbocycles. The standard InChI is InChI=1S/C24H29N3O3/c28-22(12-15-26-23(29)17-19-7-2-1-3-8-19)25-14-6-11-24(30)27-16-13-20-9-4-5-10-21(20)18-27/h1-5,7-10H,6,11-18H2,(H,25,28)(H,26,29). The lowest BCUT2D eigenvalue weighted by Gasteiger charge is -2.29. The van der Waals surface area contributed by atoms with Gasteiger partial charge in [0.1, 0.15) is 0 Å². The van der Waals surface area contributed by atoms with Crippen LogP contribution in [0.1, 0.15) is 36.0 Å². The Kier molecular flexibility index (Phi) is 8.01. The van der Waals surface area contributed by atoms with Gasteiger partial charge in [0.25, 0.3) is 0 Å². The van der Waals surface area contributed by atoms with E-state index in [-0.39, 0.29) is 24.1 Å². The van der Waals surface area contributed by atoms with E-state index in [2.05, 4.69) is 22.8 Å². The minimum absolute atomic E-state index is 0.0947. The molecule has 1 heterocycles. The van der Waals surface area contributed by atoms with E-state index in [4.69, 9.17) is 0 Å². The smallest absolute Gasteiger partial charge is 0.224 e. The first-order valence-corrected chi connectivity index (χ1v) is 10.5. The van der Waals surface area contributed by atoms with Crippen LogP contribution in [-0.4, -0.2) is 42.3 Å². The average molecular weight is 408 g/mol. The molecule has 0 saturated carbocycles. The third-order valence-electron chi connectivity index (χ3n) is 5.25. The maximum Gasteiger partial charge on any atom is 0.224 e. The molecule has 2 aromatic carbocycles. The van der Waals surface area contributed by atoms with Gasteiger partial charge >= 0.3 is 0 Å². The zero-order chi connectivity index (χ0) is 21.2. The van der Waals surface area contributed by atoms with E-state index in [1.807, 2.05) is 47.4 Å². The zero-order valence-corrected chi connectivity index (χ0v) is 17.2. The fourth-order valence-corrected chi connectivity index (χ4v) is 3.58. The van der Waals surface area contributed by atoms with Crippen molar-refractivity contribution in [3.63, 3.8) is 0 Å². The van der Waals surface area contributed by atoms with E-state index < -0.39 is 0 Å². The predicted molar refractivity (Wildman–Crippen MR) is 116 cm³/mol. The summed E-state index contributed by atoms with van der Waals surface area (Å²) in [6.45, 7) is 2.20. The molecule has 0 aromatic heterocycles. The van der Waals surface area contributed by atoms with E-state index in [0.717, 1.165) is 18.5 Å². The molecule has 1 aliphatic rings. The molecular formula is C24H29N3O3. The van der Waals surface area contributed by atoms with Gasteiger partial charge in [0, 0.05) is 39.0 Å². The quantitative estimate of drug-likeness (QED) is 0.626. The number of fused-ring (bicyclic) bond motifs is 1. The molecule has 3 amide bonds. The van der Waals surface area contributed by atoms with Crippen molar-refractivity contribution < 1.29 is 14.4 Å². The monoisotopic (exact) mass is 407 g/mol. The van der Waals surface area contributed by atoms with Crippen LogP contribution in [0.15, 0.2) is 54.6 Å². The second-order valence-electron chi connectivity index (χ2n) is 7.55. The number of nitrogens with zero attached hydrogens (tertiary/aromatic N) is 1. The summed E-state index contributed by atoms with van der Waals surface area (Å²) < 4.78 is 0. The van der Waals surface area contributed by atoms with Gasteiger partial charge in [-0.05, 0) is 29.5 Å². The molecule has 2 aromatic rings. The Morgan fingerprint density at radius 3 is 2.30 bits per heavy atom. The molecule has 6 nitrogen and oxygen atoms in total. The van der Waals surface area contributed by atoms with Crippen molar-refractivity contribution in [2.24, 2.45) is 0 Å². The largest absolute Gasteiger partial charge is 0.356 e. The van der Waals surface area contributed by atoms with Crippen LogP contribution in [-0.2, 0) is 33.8 Å². The maximum atomic E-state index is 12.4. The van der Waals surface area contributed by atoms with E-state index in [0.29, 0.717) is 38.9 Å². The van der Waals surface area contributed by atoms with Crippen LogP contribution in [0.25, 0.3) is 0 Å². The average Bonchev–Trinajstić information content (AvgIpc) is 2.77. The highest BCUT2D eigenvalue weighted by Gasteiger charge is 2.19. The molecule has 6 heteroatoms. The van der Waals surface area contributed by atoms with Gasteiger partial charge in [-0.2, -0.15) is 0 Å². The topological polar surface area (TPSA) is 78.5 Å². The normalized spacial score (nSPS) is 12.7. The third-order valence-corrected chi connectivity index (χ3v) is 5.25. The van der Waals surface area contributed by atoms with E-state index in [9.17, 15) is 14.4 Å². The van der Waals surface area contributed by atoms with Gasteiger partial charge in [-0.3, -0.25) is 14.4 Å². The molecule has 0 spiro atoms. The molecule has 1 aliphatic heterocycles. The molecule has 3 rings (SSSR count). The molecule has 30 heavy (non-hydrogen) atoms. The van der Waals surface area contributed by atoms with E-state index in [1.165, 1.54) is 11.1 Å². The molecular weight excluding hydrogens is 378 g/mol. The number of benzene rings is 2. The molecule has 0 atom stereocenters. The first-order chi connectivity index (χ1) is 14.6. The van der Waals surface area contributed by atoms with Crippen LogP contribution < -0.4 is 10.6 Å². The zero-order valence-electron chi connectivity index (χ0n) is 17.2. The van der Waals surface area contributed by atoms with Crippen molar-refractivity contribution in [1.29, 1.82) is 0 Å². The van der Waals surface area contributed by atoms with Crippen LogP contribution in [0.5, 0.6) is 0 Å². The maximum absolute atomic E-state index is 12.4. The summed E-state index contributed by atoms with van der Waals surface area (Å²) in [4.78, 5) is 38.1. The second kappa shape index (κ2) is 11.1. The van der Waals surface area contributed by atoms with E-state index in [1.54, 1.807) is 0 Å². The first kappa shape index (κ1) is 21.6. The van der Waals surface area contributed by atoms with E-state index >= 15 is 0 Å². The Hall–Kier alpha value is -3.15. The van der Waals surface area contributed by atoms with Crippen molar-refractivity contribution in [2.75, 3.05) is 19.6 Å².